The predicted molar refractivity (Wildman–Crippen MR) is 119 cm³/mol. The molecule has 3 rings (SSSR count). The Kier molecular flexibility index (Phi) is 6.67. The highest BCUT2D eigenvalue weighted by molar-refractivity contribution is 6.33. The van der Waals surface area contributed by atoms with Gasteiger partial charge in [-0.05, 0) is 68.2 Å². The summed E-state index contributed by atoms with van der Waals surface area (Å²) in [5, 5.41) is 3.60. The maximum atomic E-state index is 14.2. The van der Waals surface area contributed by atoms with Gasteiger partial charge >= 0.3 is 6.36 Å². The van der Waals surface area contributed by atoms with Gasteiger partial charge in [0.25, 0.3) is 0 Å². The number of alkyl halides is 3. The van der Waals surface area contributed by atoms with Crippen LogP contribution in [0.4, 0.5) is 17.6 Å². The van der Waals surface area contributed by atoms with E-state index in [1.807, 2.05) is 20.8 Å². The summed E-state index contributed by atoms with van der Waals surface area (Å²) < 4.78 is 55.5. The summed E-state index contributed by atoms with van der Waals surface area (Å²) in [4.78, 5) is 15.6. The molecule has 0 unspecified atom stereocenters. The van der Waals surface area contributed by atoms with E-state index in [-0.39, 0.29) is 17.5 Å². The molecule has 2 aromatic carbocycles. The Morgan fingerprint density at radius 3 is 2.62 bits per heavy atom. The second kappa shape index (κ2) is 9.10. The van der Waals surface area contributed by atoms with Gasteiger partial charge in [0.1, 0.15) is 19.4 Å². The van der Waals surface area contributed by atoms with Gasteiger partial charge in [-0.3, -0.25) is 4.79 Å². The van der Waals surface area contributed by atoms with Gasteiger partial charge < -0.3 is 15.0 Å². The summed E-state index contributed by atoms with van der Waals surface area (Å²) in [7, 11) is 1.82. The fourth-order valence-electron chi connectivity index (χ4n) is 3.60. The second-order valence-corrected chi connectivity index (χ2v) is 7.80. The molecule has 1 amide bonds. The number of carbonyl (C=O) groups excluding carboxylic acids is 1. The summed E-state index contributed by atoms with van der Waals surface area (Å²) in [5.74, 6) is -1.00. The third-order valence-electron chi connectivity index (χ3n) is 5.20. The molecule has 0 saturated heterocycles. The molecule has 4 nitrogen and oxygen atoms in total. The van der Waals surface area contributed by atoms with Crippen molar-refractivity contribution >= 4 is 36.2 Å². The number of aromatic amines is 1. The third-order valence-corrected chi connectivity index (χ3v) is 5.20. The average molecular weight is 446 g/mol. The van der Waals surface area contributed by atoms with Crippen LogP contribution in [0.3, 0.4) is 0 Å². The largest absolute Gasteiger partial charge is 0.573 e. The maximum Gasteiger partial charge on any atom is 0.573 e. The number of nitrogens with one attached hydrogen (secondary N) is 2. The Balaban J connectivity index is 1.70. The number of aryl methyl sites for hydroxylation is 2. The number of benzene rings is 2. The zero-order chi connectivity index (χ0) is 23.6. The SMILES string of the molecule is Bc1cc(F)c2[nH]c(C)c(CCNC(=O)/C(C)=C/c3cc(OC(F)(F)F)ccc3C)c2c1. The Morgan fingerprint density at radius 1 is 1.22 bits per heavy atom. The lowest BCUT2D eigenvalue weighted by atomic mass is 9.93. The van der Waals surface area contributed by atoms with Crippen LogP contribution in [0.25, 0.3) is 17.0 Å². The van der Waals surface area contributed by atoms with Gasteiger partial charge in [0.15, 0.2) is 0 Å². The molecule has 0 atom stereocenters. The van der Waals surface area contributed by atoms with Crippen molar-refractivity contribution in [3.63, 3.8) is 0 Å². The minimum Gasteiger partial charge on any atom is -0.406 e. The number of rotatable bonds is 6. The molecule has 32 heavy (non-hydrogen) atoms. The number of ether oxygens (including phenoxy) is 1. The lowest BCUT2D eigenvalue weighted by Crippen LogP contribution is -2.26. The molecule has 2 N–H and O–H groups in total. The van der Waals surface area contributed by atoms with Crippen LogP contribution in [0.2, 0.25) is 0 Å². The van der Waals surface area contributed by atoms with Gasteiger partial charge in [-0.2, -0.15) is 0 Å². The maximum absolute atomic E-state index is 14.2. The number of aromatic nitrogens is 1. The molecular formula is C23H23BF4N2O2. The standard InChI is InChI=1S/C23H23BF4N2O2/c1-12-4-5-17(32-23(26,27)28)9-15(12)8-13(2)22(31)29-7-6-18-14(3)30-21-19(18)10-16(24)11-20(21)25/h4-5,8-11,30H,6-7,24H2,1-3H3,(H,29,31)/b13-8+. The van der Waals surface area contributed by atoms with Gasteiger partial charge in [0.2, 0.25) is 5.91 Å². The van der Waals surface area contributed by atoms with Crippen LogP contribution in [-0.4, -0.2) is 31.6 Å². The van der Waals surface area contributed by atoms with Crippen molar-refractivity contribution in [2.24, 2.45) is 0 Å². The second-order valence-electron chi connectivity index (χ2n) is 7.80. The zero-order valence-corrected chi connectivity index (χ0v) is 18.2. The Hall–Kier alpha value is -3.23. The first-order valence-corrected chi connectivity index (χ1v) is 10.0. The fourth-order valence-corrected chi connectivity index (χ4v) is 3.60. The molecule has 9 heteroatoms. The quantitative estimate of drug-likeness (QED) is 0.344. The van der Waals surface area contributed by atoms with Crippen molar-refractivity contribution in [3.05, 3.63) is 64.1 Å². The van der Waals surface area contributed by atoms with Crippen LogP contribution >= 0.6 is 0 Å². The fraction of sp³-hybridized carbons (Fsp3) is 0.261. The van der Waals surface area contributed by atoms with Crippen LogP contribution in [0.5, 0.6) is 5.75 Å². The zero-order valence-electron chi connectivity index (χ0n) is 18.2. The van der Waals surface area contributed by atoms with E-state index in [4.69, 9.17) is 0 Å². The molecule has 0 spiro atoms. The molecule has 0 radical (unpaired) electrons. The molecule has 0 saturated carbocycles. The average Bonchev–Trinajstić information content (AvgIpc) is 2.99. The van der Waals surface area contributed by atoms with Gasteiger partial charge in [0, 0.05) is 23.2 Å². The van der Waals surface area contributed by atoms with E-state index in [9.17, 15) is 22.4 Å². The van der Waals surface area contributed by atoms with Crippen molar-refractivity contribution in [1.82, 2.24) is 10.3 Å². The number of hydrogen-bond acceptors (Lipinski definition) is 2. The molecule has 0 aliphatic carbocycles. The Bertz CT molecular complexity index is 1200. The molecule has 0 aliphatic rings. The molecule has 1 heterocycles. The number of carbonyl (C=O) groups is 1. The van der Waals surface area contributed by atoms with Gasteiger partial charge in [-0.25, -0.2) is 4.39 Å². The van der Waals surface area contributed by atoms with Crippen LogP contribution in [-0.2, 0) is 11.2 Å². The van der Waals surface area contributed by atoms with Crippen LogP contribution < -0.4 is 15.5 Å². The number of hydrogen-bond donors (Lipinski definition) is 2. The van der Waals surface area contributed by atoms with Crippen molar-refractivity contribution in [2.45, 2.75) is 33.6 Å². The van der Waals surface area contributed by atoms with Gasteiger partial charge in [-0.1, -0.05) is 17.6 Å². The molecule has 168 valence electrons. The molecule has 0 bridgehead atoms. The number of fused-ring (bicyclic) bond motifs is 1. The third kappa shape index (κ3) is 5.52. The van der Waals surface area contributed by atoms with E-state index < -0.39 is 6.36 Å². The smallest absolute Gasteiger partial charge is 0.406 e. The van der Waals surface area contributed by atoms with Gasteiger partial charge in [0.05, 0.1) is 5.52 Å². The van der Waals surface area contributed by atoms with Crippen molar-refractivity contribution in [2.75, 3.05) is 6.54 Å². The highest BCUT2D eigenvalue weighted by Gasteiger charge is 2.31. The summed E-state index contributed by atoms with van der Waals surface area (Å²) in [6.07, 6.45) is -2.77. The minimum absolute atomic E-state index is 0.315. The highest BCUT2D eigenvalue weighted by Crippen LogP contribution is 2.26. The van der Waals surface area contributed by atoms with Gasteiger partial charge in [-0.15, -0.1) is 13.2 Å². The first-order chi connectivity index (χ1) is 14.9. The Labute approximate surface area is 184 Å². The first kappa shape index (κ1) is 23.4. The topological polar surface area (TPSA) is 54.1 Å². The summed E-state index contributed by atoms with van der Waals surface area (Å²) in [6, 6.07) is 7.34. The number of halogens is 4. The first-order valence-electron chi connectivity index (χ1n) is 10.0. The molecule has 3 aromatic rings. The van der Waals surface area contributed by atoms with Crippen molar-refractivity contribution < 1.29 is 27.1 Å². The predicted octanol–water partition coefficient (Wildman–Crippen LogP) is 3.84. The Morgan fingerprint density at radius 2 is 1.94 bits per heavy atom. The van der Waals surface area contributed by atoms with Crippen molar-refractivity contribution in [1.29, 1.82) is 0 Å². The van der Waals surface area contributed by atoms with Crippen LogP contribution in [0, 0.1) is 19.7 Å². The molecule has 1 aromatic heterocycles. The van der Waals surface area contributed by atoms with Crippen LogP contribution in [0.15, 0.2) is 35.9 Å². The lowest BCUT2D eigenvalue weighted by molar-refractivity contribution is -0.274. The van der Waals surface area contributed by atoms with E-state index in [1.165, 1.54) is 30.3 Å². The number of amides is 1. The van der Waals surface area contributed by atoms with E-state index in [2.05, 4.69) is 15.0 Å². The summed E-state index contributed by atoms with van der Waals surface area (Å²) >= 11 is 0. The van der Waals surface area contributed by atoms with E-state index in [1.54, 1.807) is 13.8 Å². The normalized spacial score (nSPS) is 12.3. The van der Waals surface area contributed by atoms with E-state index in [0.717, 1.165) is 22.1 Å². The molecule has 0 aliphatic heterocycles. The summed E-state index contributed by atoms with van der Waals surface area (Å²) in [5.41, 5.74) is 4.53. The summed E-state index contributed by atoms with van der Waals surface area (Å²) in [6.45, 7) is 5.50. The number of H-pyrrole nitrogens is 1. The minimum atomic E-state index is -4.79. The monoisotopic (exact) mass is 446 g/mol. The molecular weight excluding hydrogens is 423 g/mol. The highest BCUT2D eigenvalue weighted by atomic mass is 19.4. The lowest BCUT2D eigenvalue weighted by Gasteiger charge is -2.11. The van der Waals surface area contributed by atoms with E-state index >= 15 is 0 Å². The van der Waals surface area contributed by atoms with Crippen molar-refractivity contribution in [3.8, 4) is 5.75 Å². The van der Waals surface area contributed by atoms with E-state index in [0.29, 0.717) is 35.2 Å². The van der Waals surface area contributed by atoms with Crippen LogP contribution in [0.1, 0.15) is 29.3 Å². The molecule has 0 fully saturated rings.